The molecule has 0 atom stereocenters. The summed E-state index contributed by atoms with van der Waals surface area (Å²) in [7, 11) is 2.95. The van der Waals surface area contributed by atoms with Crippen LogP contribution in [0.25, 0.3) is 17.1 Å². The minimum atomic E-state index is -0.623. The Labute approximate surface area is 169 Å². The fraction of sp³-hybridized carbons (Fsp3) is 0.333. The van der Waals surface area contributed by atoms with E-state index in [0.29, 0.717) is 16.6 Å². The maximum absolute atomic E-state index is 12.7. The van der Waals surface area contributed by atoms with E-state index >= 15 is 0 Å². The van der Waals surface area contributed by atoms with Crippen molar-refractivity contribution >= 4 is 34.8 Å². The van der Waals surface area contributed by atoms with Gasteiger partial charge in [-0.3, -0.25) is 24.0 Å². The fourth-order valence-electron chi connectivity index (χ4n) is 2.55. The van der Waals surface area contributed by atoms with Gasteiger partial charge in [0.15, 0.2) is 5.65 Å². The summed E-state index contributed by atoms with van der Waals surface area (Å²) < 4.78 is 7.41. The molecule has 0 spiro atoms. The molecule has 0 aliphatic rings. The Bertz CT molecular complexity index is 1260. The van der Waals surface area contributed by atoms with Crippen molar-refractivity contribution in [1.82, 2.24) is 19.1 Å². The molecule has 0 fully saturated rings. The van der Waals surface area contributed by atoms with E-state index in [2.05, 4.69) is 9.97 Å². The second kappa shape index (κ2) is 7.32. The monoisotopic (exact) mass is 417 g/mol. The lowest BCUT2D eigenvalue weighted by atomic mass is 9.96. The molecule has 0 radical (unpaired) electrons. The molecule has 152 valence electrons. The van der Waals surface area contributed by atoms with Gasteiger partial charge in [-0.25, -0.2) is 14.8 Å². The Hall–Kier alpha value is -3.21. The second-order valence-corrected chi connectivity index (χ2v) is 8.26. The SMILES string of the molecule is Cn1c(=O)c2c(S/C=C/c3ccc([N+](=O)[O-])o3)nc(C(C)(C)C)nc2n(C)c1=O. The van der Waals surface area contributed by atoms with Crippen LogP contribution in [0.5, 0.6) is 0 Å². The van der Waals surface area contributed by atoms with Crippen LogP contribution in [0.15, 0.2) is 36.6 Å². The highest BCUT2D eigenvalue weighted by Gasteiger charge is 2.23. The Kier molecular flexibility index (Phi) is 5.18. The number of hydrogen-bond acceptors (Lipinski definition) is 8. The number of nitrogens with zero attached hydrogens (tertiary/aromatic N) is 5. The van der Waals surface area contributed by atoms with Gasteiger partial charge in [0.25, 0.3) is 5.56 Å². The third kappa shape index (κ3) is 3.86. The molecule has 3 aromatic heterocycles. The minimum absolute atomic E-state index is 0.225. The van der Waals surface area contributed by atoms with Crippen LogP contribution in [0.2, 0.25) is 0 Å². The lowest BCUT2D eigenvalue weighted by Gasteiger charge is -2.19. The summed E-state index contributed by atoms with van der Waals surface area (Å²) in [6.07, 6.45) is 1.54. The zero-order valence-corrected chi connectivity index (χ0v) is 17.3. The van der Waals surface area contributed by atoms with Gasteiger partial charge >= 0.3 is 11.6 Å². The molecule has 0 saturated carbocycles. The zero-order chi connectivity index (χ0) is 21.5. The average Bonchev–Trinajstić information content (AvgIpc) is 3.12. The largest absolute Gasteiger partial charge is 0.433 e. The molecule has 29 heavy (non-hydrogen) atoms. The standard InChI is InChI=1S/C18H19N5O5S/c1-18(2,3)16-19-13-12(15(24)22(5)17(25)21(13)4)14(20-16)29-9-8-10-6-7-11(28-10)23(26)27/h6-9H,1-5H3/b9-8+. The average molecular weight is 417 g/mol. The van der Waals surface area contributed by atoms with E-state index < -0.39 is 21.6 Å². The number of thioether (sulfide) groups is 1. The smallest absolute Gasteiger partial charge is 0.401 e. The molecule has 0 amide bonds. The molecule has 0 N–H and O–H groups in total. The van der Waals surface area contributed by atoms with Crippen molar-refractivity contribution in [1.29, 1.82) is 0 Å². The third-order valence-corrected chi connectivity index (χ3v) is 4.93. The molecule has 10 nitrogen and oxygen atoms in total. The van der Waals surface area contributed by atoms with Gasteiger partial charge in [-0.05, 0) is 17.6 Å². The topological polar surface area (TPSA) is 126 Å². The van der Waals surface area contributed by atoms with E-state index in [-0.39, 0.29) is 16.9 Å². The molecule has 0 aliphatic carbocycles. The van der Waals surface area contributed by atoms with Gasteiger partial charge in [0.2, 0.25) is 0 Å². The number of nitro groups is 1. The molecule has 0 bridgehead atoms. The van der Waals surface area contributed by atoms with Gasteiger partial charge in [0.1, 0.15) is 26.9 Å². The Balaban J connectivity index is 2.14. The fourth-order valence-corrected chi connectivity index (χ4v) is 3.31. The molecular weight excluding hydrogens is 398 g/mol. The highest BCUT2D eigenvalue weighted by Crippen LogP contribution is 2.28. The summed E-state index contributed by atoms with van der Waals surface area (Å²) in [5.74, 6) is 0.415. The number of furan rings is 1. The van der Waals surface area contributed by atoms with Crippen molar-refractivity contribution in [2.75, 3.05) is 0 Å². The van der Waals surface area contributed by atoms with Crippen LogP contribution < -0.4 is 11.2 Å². The summed E-state index contributed by atoms with van der Waals surface area (Å²) in [4.78, 5) is 44.1. The van der Waals surface area contributed by atoms with Gasteiger partial charge in [0.05, 0.1) is 6.07 Å². The summed E-state index contributed by atoms with van der Waals surface area (Å²) >= 11 is 1.14. The van der Waals surface area contributed by atoms with E-state index in [1.807, 2.05) is 20.8 Å². The molecule has 0 aromatic carbocycles. The van der Waals surface area contributed by atoms with E-state index in [1.165, 1.54) is 29.8 Å². The first-order chi connectivity index (χ1) is 13.5. The lowest BCUT2D eigenvalue weighted by molar-refractivity contribution is -0.402. The number of aromatic nitrogens is 4. The Morgan fingerprint density at radius 2 is 1.86 bits per heavy atom. The maximum Gasteiger partial charge on any atom is 0.433 e. The highest BCUT2D eigenvalue weighted by atomic mass is 32.2. The quantitative estimate of drug-likeness (QED) is 0.274. The van der Waals surface area contributed by atoms with Crippen molar-refractivity contribution in [3.63, 3.8) is 0 Å². The predicted octanol–water partition coefficient (Wildman–Crippen LogP) is 2.59. The normalized spacial score (nSPS) is 12.2. The van der Waals surface area contributed by atoms with Crippen molar-refractivity contribution < 1.29 is 9.34 Å². The van der Waals surface area contributed by atoms with Crippen LogP contribution in [0.1, 0.15) is 32.4 Å². The van der Waals surface area contributed by atoms with Crippen molar-refractivity contribution in [2.45, 2.75) is 31.2 Å². The predicted molar refractivity (Wildman–Crippen MR) is 109 cm³/mol. The summed E-state index contributed by atoms with van der Waals surface area (Å²) in [6.45, 7) is 5.79. The highest BCUT2D eigenvalue weighted by molar-refractivity contribution is 8.02. The first kappa shape index (κ1) is 20.5. The van der Waals surface area contributed by atoms with Gasteiger partial charge in [-0.2, -0.15) is 0 Å². The van der Waals surface area contributed by atoms with Gasteiger partial charge in [0, 0.05) is 19.5 Å². The molecule has 0 aliphatic heterocycles. The van der Waals surface area contributed by atoms with Crippen LogP contribution in [0.4, 0.5) is 5.88 Å². The molecule has 0 saturated heterocycles. The minimum Gasteiger partial charge on any atom is -0.401 e. The van der Waals surface area contributed by atoms with Crippen LogP contribution in [0, 0.1) is 10.1 Å². The van der Waals surface area contributed by atoms with E-state index in [0.717, 1.165) is 16.3 Å². The van der Waals surface area contributed by atoms with E-state index in [1.54, 1.807) is 12.5 Å². The first-order valence-corrected chi connectivity index (χ1v) is 9.44. The van der Waals surface area contributed by atoms with Crippen LogP contribution in [0.3, 0.4) is 0 Å². The summed E-state index contributed by atoms with van der Waals surface area (Å²) in [5, 5.41) is 12.9. The molecule has 11 heteroatoms. The van der Waals surface area contributed by atoms with Crippen molar-refractivity contribution in [3.8, 4) is 0 Å². The number of aryl methyl sites for hydroxylation is 1. The molecular formula is C18H19N5O5S. The first-order valence-electron chi connectivity index (χ1n) is 8.56. The lowest BCUT2D eigenvalue weighted by Crippen LogP contribution is -2.38. The second-order valence-electron chi connectivity index (χ2n) is 7.36. The third-order valence-electron chi connectivity index (χ3n) is 4.14. The van der Waals surface area contributed by atoms with Crippen LogP contribution >= 0.6 is 11.8 Å². The summed E-state index contributed by atoms with van der Waals surface area (Å²) in [5.41, 5.74) is -1.13. The van der Waals surface area contributed by atoms with Crippen molar-refractivity contribution in [2.24, 2.45) is 14.1 Å². The Morgan fingerprint density at radius 1 is 1.17 bits per heavy atom. The molecule has 3 heterocycles. The van der Waals surface area contributed by atoms with Gasteiger partial charge in [-0.15, -0.1) is 0 Å². The summed E-state index contributed by atoms with van der Waals surface area (Å²) in [6, 6.07) is 2.73. The van der Waals surface area contributed by atoms with Gasteiger partial charge < -0.3 is 4.42 Å². The Morgan fingerprint density at radius 3 is 2.45 bits per heavy atom. The molecule has 0 unspecified atom stereocenters. The number of rotatable bonds is 4. The maximum atomic E-state index is 12.7. The van der Waals surface area contributed by atoms with E-state index in [4.69, 9.17) is 4.42 Å². The number of fused-ring (bicyclic) bond motifs is 1. The van der Waals surface area contributed by atoms with Crippen LogP contribution in [-0.2, 0) is 19.5 Å². The van der Waals surface area contributed by atoms with Gasteiger partial charge in [-0.1, -0.05) is 32.5 Å². The van der Waals surface area contributed by atoms with E-state index in [9.17, 15) is 19.7 Å². The van der Waals surface area contributed by atoms with Crippen LogP contribution in [-0.4, -0.2) is 24.0 Å². The molecule has 3 aromatic rings. The van der Waals surface area contributed by atoms with Crippen molar-refractivity contribution in [3.05, 3.63) is 60.1 Å². The number of hydrogen-bond donors (Lipinski definition) is 0. The zero-order valence-electron chi connectivity index (χ0n) is 16.5. The molecule has 3 rings (SSSR count).